The molecule has 0 aromatic heterocycles. The minimum absolute atomic E-state index is 0.0500. The van der Waals surface area contributed by atoms with Gasteiger partial charge < -0.3 is 24.4 Å². The van der Waals surface area contributed by atoms with E-state index >= 15 is 0 Å². The van der Waals surface area contributed by atoms with Crippen molar-refractivity contribution in [2.45, 2.75) is 6.42 Å². The average Bonchev–Trinajstić information content (AvgIpc) is 3.15. The van der Waals surface area contributed by atoms with Crippen molar-refractivity contribution in [1.29, 1.82) is 0 Å². The molecule has 2 heterocycles. The maximum atomic E-state index is 12.8. The molecule has 0 unspecified atom stereocenters. The van der Waals surface area contributed by atoms with Crippen LogP contribution in [0.2, 0.25) is 5.02 Å². The Bertz CT molecular complexity index is 1020. The number of amides is 2. The molecule has 156 valence electrons. The highest BCUT2D eigenvalue weighted by molar-refractivity contribution is 6.31. The van der Waals surface area contributed by atoms with E-state index in [0.717, 1.165) is 0 Å². The molecule has 2 aromatic rings. The highest BCUT2D eigenvalue weighted by Gasteiger charge is 2.36. The van der Waals surface area contributed by atoms with E-state index in [4.69, 9.17) is 25.8 Å². The van der Waals surface area contributed by atoms with Gasteiger partial charge in [0, 0.05) is 29.7 Å². The number of methoxy groups -OCH3 is 1. The minimum atomic E-state index is -0.595. The van der Waals surface area contributed by atoms with Gasteiger partial charge in [-0.15, -0.1) is 0 Å². The first-order valence-electron chi connectivity index (χ1n) is 9.35. The molecule has 2 aliphatic heterocycles. The summed E-state index contributed by atoms with van der Waals surface area (Å²) in [6.45, 7) is 1.13. The van der Waals surface area contributed by atoms with E-state index in [9.17, 15) is 14.4 Å². The van der Waals surface area contributed by atoms with Crippen LogP contribution in [0.25, 0.3) is 0 Å². The third-order valence-corrected chi connectivity index (χ3v) is 5.21. The predicted molar refractivity (Wildman–Crippen MR) is 109 cm³/mol. The summed E-state index contributed by atoms with van der Waals surface area (Å²) < 4.78 is 15.8. The van der Waals surface area contributed by atoms with E-state index in [1.165, 1.54) is 25.3 Å². The van der Waals surface area contributed by atoms with E-state index in [-0.39, 0.29) is 36.0 Å². The molecule has 8 nitrogen and oxygen atoms in total. The molecule has 0 radical (unpaired) electrons. The number of carbonyl (C=O) groups is 3. The topological polar surface area (TPSA) is 94.2 Å². The molecule has 0 saturated carbocycles. The largest absolute Gasteiger partial charge is 0.486 e. The number of anilines is 2. The first kappa shape index (κ1) is 20.0. The van der Waals surface area contributed by atoms with Crippen LogP contribution in [0.15, 0.2) is 36.4 Å². The minimum Gasteiger partial charge on any atom is -0.486 e. The fourth-order valence-electron chi connectivity index (χ4n) is 3.48. The van der Waals surface area contributed by atoms with E-state index in [0.29, 0.717) is 35.4 Å². The highest BCUT2D eigenvalue weighted by Crippen LogP contribution is 2.36. The van der Waals surface area contributed by atoms with E-state index in [2.05, 4.69) is 5.32 Å². The summed E-state index contributed by atoms with van der Waals surface area (Å²) in [7, 11) is 1.25. The summed E-state index contributed by atoms with van der Waals surface area (Å²) >= 11 is 6.00. The van der Waals surface area contributed by atoms with Gasteiger partial charge in [0.15, 0.2) is 11.5 Å². The zero-order chi connectivity index (χ0) is 21.3. The number of fused-ring (bicyclic) bond motifs is 1. The van der Waals surface area contributed by atoms with Crippen molar-refractivity contribution in [2.75, 3.05) is 37.1 Å². The second-order valence-corrected chi connectivity index (χ2v) is 7.34. The lowest BCUT2D eigenvalue weighted by atomic mass is 10.1. The number of halogens is 1. The molecule has 2 aromatic carbocycles. The highest BCUT2D eigenvalue weighted by atomic mass is 35.5. The molecule has 30 heavy (non-hydrogen) atoms. The fraction of sp³-hybridized carbons (Fsp3) is 0.286. The lowest BCUT2D eigenvalue weighted by molar-refractivity contribution is -0.122. The van der Waals surface area contributed by atoms with Gasteiger partial charge in [-0.25, -0.2) is 4.79 Å². The van der Waals surface area contributed by atoms with Gasteiger partial charge in [-0.05, 0) is 30.3 Å². The van der Waals surface area contributed by atoms with Crippen LogP contribution in [0.1, 0.15) is 16.8 Å². The van der Waals surface area contributed by atoms with Crippen LogP contribution in [0.4, 0.5) is 11.4 Å². The first-order valence-corrected chi connectivity index (χ1v) is 9.73. The third-order valence-electron chi connectivity index (χ3n) is 4.98. The summed E-state index contributed by atoms with van der Waals surface area (Å²) in [5.41, 5.74) is 1.06. The third kappa shape index (κ3) is 3.91. The maximum Gasteiger partial charge on any atom is 0.339 e. The Labute approximate surface area is 177 Å². The Morgan fingerprint density at radius 3 is 2.67 bits per heavy atom. The van der Waals surface area contributed by atoms with Crippen LogP contribution < -0.4 is 19.7 Å². The molecule has 0 bridgehead atoms. The molecule has 1 fully saturated rings. The normalized spacial score (nSPS) is 17.6. The summed E-state index contributed by atoms with van der Waals surface area (Å²) in [4.78, 5) is 38.9. The van der Waals surface area contributed by atoms with Crippen molar-refractivity contribution in [2.24, 2.45) is 5.92 Å². The Morgan fingerprint density at radius 1 is 1.13 bits per heavy atom. The van der Waals surface area contributed by atoms with Crippen molar-refractivity contribution in [3.63, 3.8) is 0 Å². The standard InChI is InChI=1S/C21H19ClN2O6/c1-28-21(27)15-4-2-13(22)9-16(15)23-20(26)12-8-19(25)24(11-12)14-3-5-17-18(10-14)30-7-6-29-17/h2-5,9-10,12H,6-8,11H2,1H3,(H,23,26)/t12-/m0/s1. The molecule has 1 atom stereocenters. The summed E-state index contributed by atoms with van der Waals surface area (Å²) in [6, 6.07) is 9.73. The van der Waals surface area contributed by atoms with Gasteiger partial charge in [0.2, 0.25) is 11.8 Å². The van der Waals surface area contributed by atoms with E-state index in [1.54, 1.807) is 23.1 Å². The number of hydrogen-bond acceptors (Lipinski definition) is 6. The lowest BCUT2D eigenvalue weighted by Crippen LogP contribution is -2.28. The van der Waals surface area contributed by atoms with Gasteiger partial charge in [0.05, 0.1) is 24.3 Å². The Balaban J connectivity index is 1.50. The maximum absolute atomic E-state index is 12.8. The number of carbonyl (C=O) groups excluding carboxylic acids is 3. The van der Waals surface area contributed by atoms with Gasteiger partial charge in [0.1, 0.15) is 13.2 Å². The molecule has 9 heteroatoms. The summed E-state index contributed by atoms with van der Waals surface area (Å²) in [6.07, 6.45) is 0.0500. The van der Waals surface area contributed by atoms with E-state index < -0.39 is 11.9 Å². The molecule has 1 N–H and O–H groups in total. The molecule has 1 saturated heterocycles. The van der Waals surface area contributed by atoms with Crippen molar-refractivity contribution < 1.29 is 28.6 Å². The second-order valence-electron chi connectivity index (χ2n) is 6.90. The molecular weight excluding hydrogens is 412 g/mol. The smallest absolute Gasteiger partial charge is 0.339 e. The van der Waals surface area contributed by atoms with Gasteiger partial charge >= 0.3 is 5.97 Å². The molecule has 2 amide bonds. The van der Waals surface area contributed by atoms with Gasteiger partial charge in [-0.3, -0.25) is 9.59 Å². The van der Waals surface area contributed by atoms with Crippen LogP contribution in [-0.4, -0.2) is 44.7 Å². The molecular formula is C21H19ClN2O6. The van der Waals surface area contributed by atoms with Crippen molar-refractivity contribution in [3.8, 4) is 11.5 Å². The molecule has 2 aliphatic rings. The van der Waals surface area contributed by atoms with Gasteiger partial charge in [0.25, 0.3) is 0 Å². The van der Waals surface area contributed by atoms with Gasteiger partial charge in [-0.1, -0.05) is 11.6 Å². The van der Waals surface area contributed by atoms with Gasteiger partial charge in [-0.2, -0.15) is 0 Å². The zero-order valence-corrected chi connectivity index (χ0v) is 16.9. The second kappa shape index (κ2) is 8.23. The SMILES string of the molecule is COC(=O)c1ccc(Cl)cc1NC(=O)[C@H]1CC(=O)N(c2ccc3c(c2)OCCO3)C1. The summed E-state index contributed by atoms with van der Waals surface area (Å²) in [5.74, 6) is -0.539. The number of esters is 1. The Kier molecular flexibility index (Phi) is 5.50. The van der Waals surface area contributed by atoms with Crippen LogP contribution in [-0.2, 0) is 14.3 Å². The lowest BCUT2D eigenvalue weighted by Gasteiger charge is -2.22. The number of ether oxygens (including phenoxy) is 3. The van der Waals surface area contributed by atoms with Crippen molar-refractivity contribution in [1.82, 2.24) is 0 Å². The predicted octanol–water partition coefficient (Wildman–Crippen LogP) is 2.89. The van der Waals surface area contributed by atoms with E-state index in [1.807, 2.05) is 0 Å². The quantitative estimate of drug-likeness (QED) is 0.749. The van der Waals surface area contributed by atoms with Crippen molar-refractivity contribution in [3.05, 3.63) is 47.0 Å². The number of rotatable bonds is 4. The number of nitrogens with zero attached hydrogens (tertiary/aromatic N) is 1. The van der Waals surface area contributed by atoms with Crippen LogP contribution in [0.5, 0.6) is 11.5 Å². The van der Waals surface area contributed by atoms with Crippen LogP contribution >= 0.6 is 11.6 Å². The molecule has 0 spiro atoms. The Hall–Kier alpha value is -3.26. The molecule has 0 aliphatic carbocycles. The first-order chi connectivity index (χ1) is 14.5. The summed E-state index contributed by atoms with van der Waals surface area (Å²) in [5, 5.41) is 3.06. The zero-order valence-electron chi connectivity index (χ0n) is 16.1. The fourth-order valence-corrected chi connectivity index (χ4v) is 3.65. The average molecular weight is 431 g/mol. The molecule has 4 rings (SSSR count). The van der Waals surface area contributed by atoms with Crippen LogP contribution in [0.3, 0.4) is 0 Å². The number of hydrogen-bond donors (Lipinski definition) is 1. The number of benzene rings is 2. The monoisotopic (exact) mass is 430 g/mol. The number of nitrogens with one attached hydrogen (secondary N) is 1. The van der Waals surface area contributed by atoms with Crippen LogP contribution in [0, 0.1) is 5.92 Å². The Morgan fingerprint density at radius 2 is 1.90 bits per heavy atom. The van der Waals surface area contributed by atoms with Crippen molar-refractivity contribution >= 4 is 40.8 Å².